The number of nitrogens with two attached hydrogens (primary N) is 1. The van der Waals surface area contributed by atoms with Gasteiger partial charge in [-0.15, -0.1) is 0 Å². The Labute approximate surface area is 98.7 Å². The van der Waals surface area contributed by atoms with Crippen molar-refractivity contribution in [3.8, 4) is 0 Å². The number of carbonyl (C=O) groups excluding carboxylic acids is 2. The molecule has 7 heteroatoms. The lowest BCUT2D eigenvalue weighted by molar-refractivity contribution is -0.144. The van der Waals surface area contributed by atoms with Gasteiger partial charge in [0.05, 0.1) is 12.3 Å². The molecule has 1 fully saturated rings. The number of nitrogens with one attached hydrogen (secondary N) is 2. The molecular weight excluding hydrogens is 226 g/mol. The second-order valence-electron chi connectivity index (χ2n) is 4.31. The molecule has 7 nitrogen and oxygen atoms in total. The SMILES string of the molecule is CC1CNCC1C(=O)N[C@H](CC(N)=O)C(=O)O. The third kappa shape index (κ3) is 3.70. The first-order valence-electron chi connectivity index (χ1n) is 5.44. The van der Waals surface area contributed by atoms with Crippen LogP contribution in [0.4, 0.5) is 0 Å². The van der Waals surface area contributed by atoms with Crippen LogP contribution in [0.2, 0.25) is 0 Å². The Balaban J connectivity index is 2.57. The summed E-state index contributed by atoms with van der Waals surface area (Å²) in [6.07, 6.45) is -0.393. The van der Waals surface area contributed by atoms with E-state index in [2.05, 4.69) is 10.6 Å². The van der Waals surface area contributed by atoms with Crippen molar-refractivity contribution < 1.29 is 19.5 Å². The average molecular weight is 243 g/mol. The topological polar surface area (TPSA) is 122 Å². The lowest BCUT2D eigenvalue weighted by Crippen LogP contribution is -2.46. The fourth-order valence-corrected chi connectivity index (χ4v) is 1.84. The van der Waals surface area contributed by atoms with E-state index < -0.39 is 24.3 Å². The summed E-state index contributed by atoms with van der Waals surface area (Å²) in [4.78, 5) is 33.3. The number of carbonyl (C=O) groups is 3. The van der Waals surface area contributed by atoms with Crippen LogP contribution in [0.25, 0.3) is 0 Å². The van der Waals surface area contributed by atoms with Crippen molar-refractivity contribution in [3.63, 3.8) is 0 Å². The van der Waals surface area contributed by atoms with Gasteiger partial charge in [0.15, 0.2) is 0 Å². The summed E-state index contributed by atoms with van der Waals surface area (Å²) in [5.41, 5.74) is 4.92. The van der Waals surface area contributed by atoms with Crippen LogP contribution < -0.4 is 16.4 Å². The monoisotopic (exact) mass is 243 g/mol. The predicted octanol–water partition coefficient (Wildman–Crippen LogP) is -1.71. The van der Waals surface area contributed by atoms with Gasteiger partial charge >= 0.3 is 5.97 Å². The lowest BCUT2D eigenvalue weighted by Gasteiger charge is -2.18. The third-order valence-electron chi connectivity index (χ3n) is 2.87. The summed E-state index contributed by atoms with van der Waals surface area (Å²) in [6, 6.07) is -1.24. The maximum absolute atomic E-state index is 11.8. The van der Waals surface area contributed by atoms with Gasteiger partial charge in [0, 0.05) is 6.54 Å². The molecule has 2 unspecified atom stereocenters. The molecule has 0 aromatic rings. The van der Waals surface area contributed by atoms with Crippen LogP contribution in [-0.4, -0.2) is 42.0 Å². The van der Waals surface area contributed by atoms with Gasteiger partial charge in [0.1, 0.15) is 6.04 Å². The number of carboxylic acids is 1. The second kappa shape index (κ2) is 5.62. The van der Waals surface area contributed by atoms with Gasteiger partial charge in [-0.05, 0) is 12.5 Å². The quantitative estimate of drug-likeness (QED) is 0.458. The summed E-state index contributed by atoms with van der Waals surface area (Å²) < 4.78 is 0. The number of rotatable bonds is 5. The first-order valence-corrected chi connectivity index (χ1v) is 5.44. The largest absolute Gasteiger partial charge is 0.480 e. The van der Waals surface area contributed by atoms with E-state index >= 15 is 0 Å². The molecule has 17 heavy (non-hydrogen) atoms. The number of amides is 2. The molecule has 0 aromatic heterocycles. The number of hydrogen-bond acceptors (Lipinski definition) is 4. The van der Waals surface area contributed by atoms with Gasteiger partial charge in [-0.1, -0.05) is 6.92 Å². The molecule has 1 aliphatic rings. The minimum atomic E-state index is -1.25. The van der Waals surface area contributed by atoms with Crippen LogP contribution in [0.1, 0.15) is 13.3 Å². The fourth-order valence-electron chi connectivity index (χ4n) is 1.84. The third-order valence-corrected chi connectivity index (χ3v) is 2.87. The predicted molar refractivity (Wildman–Crippen MR) is 58.9 cm³/mol. The molecule has 0 spiro atoms. The molecule has 0 radical (unpaired) electrons. The van der Waals surface area contributed by atoms with Crippen LogP contribution in [0.5, 0.6) is 0 Å². The van der Waals surface area contributed by atoms with Gasteiger partial charge in [-0.2, -0.15) is 0 Å². The van der Waals surface area contributed by atoms with E-state index in [9.17, 15) is 14.4 Å². The van der Waals surface area contributed by atoms with Crippen LogP contribution in [0.3, 0.4) is 0 Å². The van der Waals surface area contributed by atoms with Crippen LogP contribution in [0, 0.1) is 11.8 Å². The highest BCUT2D eigenvalue weighted by Gasteiger charge is 2.32. The van der Waals surface area contributed by atoms with Gasteiger partial charge < -0.3 is 21.5 Å². The number of hydrogen-bond donors (Lipinski definition) is 4. The van der Waals surface area contributed by atoms with Gasteiger partial charge in [0.2, 0.25) is 11.8 Å². The molecule has 0 aromatic carbocycles. The minimum absolute atomic E-state index is 0.151. The molecule has 5 N–H and O–H groups in total. The Hall–Kier alpha value is -1.63. The van der Waals surface area contributed by atoms with Crippen molar-refractivity contribution in [2.45, 2.75) is 19.4 Å². The molecular formula is C10H17N3O4. The zero-order valence-corrected chi connectivity index (χ0v) is 9.60. The second-order valence-corrected chi connectivity index (χ2v) is 4.31. The summed E-state index contributed by atoms with van der Waals surface area (Å²) in [6.45, 7) is 3.16. The summed E-state index contributed by atoms with van der Waals surface area (Å²) in [5.74, 6) is -2.47. The molecule has 0 saturated carbocycles. The number of primary amides is 1. The molecule has 1 aliphatic heterocycles. The summed E-state index contributed by atoms with van der Waals surface area (Å²) in [5, 5.41) is 14.2. The smallest absolute Gasteiger partial charge is 0.326 e. The summed E-state index contributed by atoms with van der Waals surface area (Å²) >= 11 is 0. The maximum Gasteiger partial charge on any atom is 0.326 e. The number of aliphatic carboxylic acids is 1. The van der Waals surface area contributed by atoms with Gasteiger partial charge in [-0.25, -0.2) is 4.79 Å². The summed E-state index contributed by atoms with van der Waals surface area (Å²) in [7, 11) is 0. The Bertz CT molecular complexity index is 332. The normalized spacial score (nSPS) is 25.2. The molecule has 0 aliphatic carbocycles. The Kier molecular flexibility index (Phi) is 4.45. The molecule has 0 bridgehead atoms. The lowest BCUT2D eigenvalue weighted by atomic mass is 9.97. The van der Waals surface area contributed by atoms with E-state index in [1.54, 1.807) is 0 Å². The molecule has 3 atom stereocenters. The van der Waals surface area contributed by atoms with E-state index in [1.165, 1.54) is 0 Å². The first kappa shape index (κ1) is 13.4. The Morgan fingerprint density at radius 2 is 2.12 bits per heavy atom. The van der Waals surface area contributed by atoms with Crippen molar-refractivity contribution in [1.29, 1.82) is 0 Å². The van der Waals surface area contributed by atoms with E-state index in [-0.39, 0.29) is 17.7 Å². The standard InChI is InChI=1S/C10H17N3O4/c1-5-3-12-4-6(5)9(15)13-7(10(16)17)2-8(11)14/h5-7,12H,2-4H2,1H3,(H2,11,14)(H,13,15)(H,16,17)/t5?,6?,7-/m1/s1. The van der Waals surface area contributed by atoms with Crippen molar-refractivity contribution in [2.24, 2.45) is 17.6 Å². The number of carboxylic acid groups (broad SMARTS) is 1. The van der Waals surface area contributed by atoms with E-state index in [0.29, 0.717) is 6.54 Å². The van der Waals surface area contributed by atoms with Crippen LogP contribution >= 0.6 is 0 Å². The average Bonchev–Trinajstić information content (AvgIpc) is 2.62. The Morgan fingerprint density at radius 1 is 1.47 bits per heavy atom. The Morgan fingerprint density at radius 3 is 2.53 bits per heavy atom. The first-order chi connectivity index (χ1) is 7.91. The zero-order valence-electron chi connectivity index (χ0n) is 9.60. The highest BCUT2D eigenvalue weighted by molar-refractivity contribution is 5.89. The minimum Gasteiger partial charge on any atom is -0.480 e. The highest BCUT2D eigenvalue weighted by Crippen LogP contribution is 2.16. The van der Waals surface area contributed by atoms with Crippen molar-refractivity contribution in [2.75, 3.05) is 13.1 Å². The van der Waals surface area contributed by atoms with E-state index in [1.807, 2.05) is 6.92 Å². The molecule has 1 saturated heterocycles. The molecule has 1 rings (SSSR count). The van der Waals surface area contributed by atoms with Crippen LogP contribution in [0.15, 0.2) is 0 Å². The van der Waals surface area contributed by atoms with Gasteiger partial charge in [-0.3, -0.25) is 9.59 Å². The van der Waals surface area contributed by atoms with Gasteiger partial charge in [0.25, 0.3) is 0 Å². The molecule has 96 valence electrons. The van der Waals surface area contributed by atoms with Crippen molar-refractivity contribution >= 4 is 17.8 Å². The van der Waals surface area contributed by atoms with Crippen molar-refractivity contribution in [1.82, 2.24) is 10.6 Å². The molecule has 2 amide bonds. The maximum atomic E-state index is 11.8. The molecule has 1 heterocycles. The zero-order chi connectivity index (χ0) is 13.0. The highest BCUT2D eigenvalue weighted by atomic mass is 16.4. The van der Waals surface area contributed by atoms with Crippen molar-refractivity contribution in [3.05, 3.63) is 0 Å². The van der Waals surface area contributed by atoms with E-state index in [0.717, 1.165) is 6.54 Å². The fraction of sp³-hybridized carbons (Fsp3) is 0.700. The van der Waals surface area contributed by atoms with Crippen LogP contribution in [-0.2, 0) is 14.4 Å². The van der Waals surface area contributed by atoms with E-state index in [4.69, 9.17) is 10.8 Å².